The second-order valence-corrected chi connectivity index (χ2v) is 5.01. The minimum absolute atomic E-state index is 0.148. The Kier molecular flexibility index (Phi) is 5.63. The van der Waals surface area contributed by atoms with Gasteiger partial charge in [0.15, 0.2) is 0 Å². The number of nitrogens with one attached hydrogen (secondary N) is 2. The molecule has 0 saturated carbocycles. The number of hydrogen-bond acceptors (Lipinski definition) is 3. The van der Waals surface area contributed by atoms with E-state index in [1.807, 2.05) is 0 Å². The molecule has 2 rings (SSSR count). The molecule has 0 aliphatic carbocycles. The lowest BCUT2D eigenvalue weighted by Gasteiger charge is -2.11. The summed E-state index contributed by atoms with van der Waals surface area (Å²) in [5.41, 5.74) is 0.847. The molecule has 0 bridgehead atoms. The van der Waals surface area contributed by atoms with E-state index in [9.17, 15) is 22.8 Å². The van der Waals surface area contributed by atoms with Crippen molar-refractivity contribution in [2.45, 2.75) is 19.7 Å². The van der Waals surface area contributed by atoms with E-state index < -0.39 is 18.0 Å². The van der Waals surface area contributed by atoms with Crippen LogP contribution < -0.4 is 15.4 Å². The first-order valence-corrected chi connectivity index (χ1v) is 7.34. The number of rotatable bonds is 5. The quantitative estimate of drug-likeness (QED) is 0.848. The maximum atomic E-state index is 12.2. The monoisotopic (exact) mass is 352 g/mol. The second kappa shape index (κ2) is 7.69. The smallest absolute Gasteiger partial charge is 0.406 e. The van der Waals surface area contributed by atoms with Crippen LogP contribution in [-0.2, 0) is 4.79 Å². The van der Waals surface area contributed by atoms with Gasteiger partial charge in [0.1, 0.15) is 5.75 Å². The van der Waals surface area contributed by atoms with Gasteiger partial charge in [-0.2, -0.15) is 0 Å². The minimum atomic E-state index is -4.81. The fraction of sp³-hybridized carbons (Fsp3) is 0.176. The summed E-state index contributed by atoms with van der Waals surface area (Å²) in [6.45, 7) is 1.70. The largest absolute Gasteiger partial charge is 0.573 e. The summed E-state index contributed by atoms with van der Waals surface area (Å²) in [4.78, 5) is 23.6. The summed E-state index contributed by atoms with van der Waals surface area (Å²) in [5, 5.41) is 5.10. The first-order valence-electron chi connectivity index (χ1n) is 7.34. The molecule has 0 saturated heterocycles. The van der Waals surface area contributed by atoms with Gasteiger partial charge < -0.3 is 15.4 Å². The van der Waals surface area contributed by atoms with E-state index in [-0.39, 0.29) is 17.2 Å². The highest BCUT2D eigenvalue weighted by Gasteiger charge is 2.31. The van der Waals surface area contributed by atoms with Crippen LogP contribution in [0.5, 0.6) is 5.75 Å². The van der Waals surface area contributed by atoms with Crippen molar-refractivity contribution in [3.05, 3.63) is 54.1 Å². The fourth-order valence-corrected chi connectivity index (χ4v) is 1.96. The summed E-state index contributed by atoms with van der Waals surface area (Å²) in [6.07, 6.45) is -4.52. The van der Waals surface area contributed by atoms with Gasteiger partial charge in [0.25, 0.3) is 5.91 Å². The molecule has 132 valence electrons. The van der Waals surface area contributed by atoms with Crippen molar-refractivity contribution in [1.29, 1.82) is 0 Å². The first kappa shape index (κ1) is 18.3. The van der Waals surface area contributed by atoms with Crippen molar-refractivity contribution in [2.24, 2.45) is 0 Å². The lowest BCUT2D eigenvalue weighted by molar-refractivity contribution is -0.274. The number of ether oxygens (including phenoxy) is 1. The van der Waals surface area contributed by atoms with Crippen LogP contribution in [0, 0.1) is 0 Å². The molecule has 0 unspecified atom stereocenters. The summed E-state index contributed by atoms with van der Waals surface area (Å²) >= 11 is 0. The Morgan fingerprint density at radius 1 is 1.00 bits per heavy atom. The summed E-state index contributed by atoms with van der Waals surface area (Å²) in [5.74, 6) is -1.17. The number of benzene rings is 2. The van der Waals surface area contributed by atoms with Crippen molar-refractivity contribution in [3.8, 4) is 5.75 Å². The Balaban J connectivity index is 2.11. The van der Waals surface area contributed by atoms with Gasteiger partial charge in [-0.3, -0.25) is 9.59 Å². The zero-order valence-corrected chi connectivity index (χ0v) is 13.2. The molecular weight excluding hydrogens is 337 g/mol. The van der Waals surface area contributed by atoms with Crippen molar-refractivity contribution in [1.82, 2.24) is 0 Å². The van der Waals surface area contributed by atoms with E-state index in [0.717, 1.165) is 12.1 Å². The first-order chi connectivity index (χ1) is 11.8. The normalized spacial score (nSPS) is 10.9. The lowest BCUT2D eigenvalue weighted by atomic mass is 10.1. The maximum absolute atomic E-state index is 12.2. The van der Waals surface area contributed by atoms with Crippen molar-refractivity contribution < 1.29 is 27.5 Å². The summed E-state index contributed by atoms with van der Waals surface area (Å²) in [7, 11) is 0. The van der Waals surface area contributed by atoms with Crippen LogP contribution >= 0.6 is 0 Å². The molecule has 0 aliphatic heterocycles. The van der Waals surface area contributed by atoms with Crippen molar-refractivity contribution in [2.75, 3.05) is 10.6 Å². The van der Waals surface area contributed by atoms with E-state index in [1.165, 1.54) is 24.3 Å². The third kappa shape index (κ3) is 5.83. The highest BCUT2D eigenvalue weighted by atomic mass is 19.4. The summed E-state index contributed by atoms with van der Waals surface area (Å²) < 4.78 is 40.5. The average Bonchev–Trinajstić information content (AvgIpc) is 2.53. The molecule has 5 nitrogen and oxygen atoms in total. The number of carbonyl (C=O) groups is 2. The van der Waals surface area contributed by atoms with Crippen LogP contribution in [0.3, 0.4) is 0 Å². The van der Waals surface area contributed by atoms with Crippen LogP contribution in [0.1, 0.15) is 23.7 Å². The molecule has 0 radical (unpaired) electrons. The number of amides is 2. The number of anilines is 2. The molecule has 8 heteroatoms. The third-order valence-corrected chi connectivity index (χ3v) is 3.06. The van der Waals surface area contributed by atoms with Gasteiger partial charge in [-0.25, -0.2) is 0 Å². The average molecular weight is 352 g/mol. The Hall–Kier alpha value is -3.03. The van der Waals surface area contributed by atoms with E-state index in [0.29, 0.717) is 12.1 Å². The number of hydrogen-bond donors (Lipinski definition) is 2. The Labute approximate surface area is 141 Å². The summed E-state index contributed by atoms with van der Waals surface area (Å²) in [6, 6.07) is 11.2. The molecule has 0 aliphatic rings. The zero-order valence-electron chi connectivity index (χ0n) is 13.2. The predicted molar refractivity (Wildman–Crippen MR) is 86.4 cm³/mol. The van der Waals surface area contributed by atoms with Crippen LogP contribution in [0.4, 0.5) is 24.5 Å². The predicted octanol–water partition coefficient (Wildman–Crippen LogP) is 4.19. The lowest BCUT2D eigenvalue weighted by Crippen LogP contribution is -2.17. The molecular formula is C17H15F3N2O3. The topological polar surface area (TPSA) is 67.4 Å². The molecule has 2 aromatic carbocycles. The Bertz CT molecular complexity index is 776. The van der Waals surface area contributed by atoms with Gasteiger partial charge in [-0.15, -0.1) is 13.2 Å². The molecule has 0 atom stereocenters. The number of carbonyl (C=O) groups excluding carboxylic acids is 2. The van der Waals surface area contributed by atoms with Crippen LogP contribution in [0.2, 0.25) is 0 Å². The second-order valence-electron chi connectivity index (χ2n) is 5.01. The molecule has 0 fully saturated rings. The SMILES string of the molecule is CCC(=O)Nc1cccc(C(=O)Nc2cccc(OC(F)(F)F)c2)c1. The van der Waals surface area contributed by atoms with Gasteiger partial charge in [-0.1, -0.05) is 19.1 Å². The van der Waals surface area contributed by atoms with E-state index >= 15 is 0 Å². The molecule has 2 N–H and O–H groups in total. The Morgan fingerprint density at radius 3 is 2.28 bits per heavy atom. The highest BCUT2D eigenvalue weighted by Crippen LogP contribution is 2.25. The molecule has 0 aromatic heterocycles. The van der Waals surface area contributed by atoms with Crippen LogP contribution in [0.25, 0.3) is 0 Å². The number of halogens is 3. The fourth-order valence-electron chi connectivity index (χ4n) is 1.96. The minimum Gasteiger partial charge on any atom is -0.406 e. The number of alkyl halides is 3. The van der Waals surface area contributed by atoms with E-state index in [2.05, 4.69) is 15.4 Å². The van der Waals surface area contributed by atoms with Crippen molar-refractivity contribution >= 4 is 23.2 Å². The van der Waals surface area contributed by atoms with Crippen LogP contribution in [-0.4, -0.2) is 18.2 Å². The molecule has 25 heavy (non-hydrogen) atoms. The van der Waals surface area contributed by atoms with Crippen LogP contribution in [0.15, 0.2) is 48.5 Å². The van der Waals surface area contributed by atoms with Gasteiger partial charge in [0, 0.05) is 29.4 Å². The van der Waals surface area contributed by atoms with E-state index in [1.54, 1.807) is 19.1 Å². The standard InChI is InChI=1S/C17H15F3N2O3/c1-2-15(23)21-12-6-3-5-11(9-12)16(24)22-13-7-4-8-14(10-13)25-17(18,19)20/h3-10H,2H2,1H3,(H,21,23)(H,22,24). The van der Waals surface area contributed by atoms with Gasteiger partial charge in [-0.05, 0) is 30.3 Å². The van der Waals surface area contributed by atoms with E-state index in [4.69, 9.17) is 0 Å². The molecule has 2 aromatic rings. The van der Waals surface area contributed by atoms with Gasteiger partial charge in [0.05, 0.1) is 0 Å². The van der Waals surface area contributed by atoms with Gasteiger partial charge in [0.2, 0.25) is 5.91 Å². The molecule has 2 amide bonds. The van der Waals surface area contributed by atoms with Gasteiger partial charge >= 0.3 is 6.36 Å². The van der Waals surface area contributed by atoms with Crippen molar-refractivity contribution in [3.63, 3.8) is 0 Å². The molecule has 0 spiro atoms. The third-order valence-electron chi connectivity index (χ3n) is 3.06. The maximum Gasteiger partial charge on any atom is 0.573 e. The Morgan fingerprint density at radius 2 is 1.64 bits per heavy atom. The molecule has 0 heterocycles. The zero-order chi connectivity index (χ0) is 18.4. The highest BCUT2D eigenvalue weighted by molar-refractivity contribution is 6.05.